The standard InChI is InChI=1S/C21H30ClN3O2/c1-3-23-14(2)13-24-20(26)19-12-16-6-4-5-7-18(16)25(19)21(27)15-8-10-17(22)11-9-15/h8-11,14,16,18-19,23H,3-7,12-13H2,1-2H3,(H,24,26)/t14-,16?,18?,19?/m1/s1. The van der Waals surface area contributed by atoms with Crippen molar-refractivity contribution in [3.63, 3.8) is 0 Å². The zero-order chi connectivity index (χ0) is 19.4. The zero-order valence-electron chi connectivity index (χ0n) is 16.2. The van der Waals surface area contributed by atoms with Gasteiger partial charge in [-0.05, 0) is 62.9 Å². The highest BCUT2D eigenvalue weighted by atomic mass is 35.5. The third kappa shape index (κ3) is 4.64. The van der Waals surface area contributed by atoms with Crippen molar-refractivity contribution in [3.8, 4) is 0 Å². The molecule has 1 aliphatic carbocycles. The Bertz CT molecular complexity index is 664. The fourth-order valence-corrected chi connectivity index (χ4v) is 4.65. The van der Waals surface area contributed by atoms with Crippen molar-refractivity contribution in [2.75, 3.05) is 13.1 Å². The molecule has 1 aromatic rings. The van der Waals surface area contributed by atoms with Crippen LogP contribution in [0.3, 0.4) is 0 Å². The van der Waals surface area contributed by atoms with Gasteiger partial charge in [0.05, 0.1) is 0 Å². The summed E-state index contributed by atoms with van der Waals surface area (Å²) in [5, 5.41) is 6.95. The van der Waals surface area contributed by atoms with E-state index in [0.717, 1.165) is 32.2 Å². The molecule has 148 valence electrons. The molecule has 5 nitrogen and oxygen atoms in total. The lowest BCUT2D eigenvalue weighted by atomic mass is 9.84. The van der Waals surface area contributed by atoms with Crippen molar-refractivity contribution in [1.82, 2.24) is 15.5 Å². The quantitative estimate of drug-likeness (QED) is 0.782. The lowest BCUT2D eigenvalue weighted by Crippen LogP contribution is -2.51. The molecule has 1 aromatic carbocycles. The lowest BCUT2D eigenvalue weighted by Gasteiger charge is -2.33. The summed E-state index contributed by atoms with van der Waals surface area (Å²) in [5.74, 6) is 0.342. The Morgan fingerprint density at radius 3 is 2.63 bits per heavy atom. The fourth-order valence-electron chi connectivity index (χ4n) is 4.52. The highest BCUT2D eigenvalue weighted by Gasteiger charge is 2.47. The van der Waals surface area contributed by atoms with Gasteiger partial charge in [-0.15, -0.1) is 0 Å². The molecular weight excluding hydrogens is 362 g/mol. The molecule has 1 saturated carbocycles. The van der Waals surface area contributed by atoms with E-state index in [9.17, 15) is 9.59 Å². The molecule has 1 heterocycles. The van der Waals surface area contributed by atoms with Crippen molar-refractivity contribution < 1.29 is 9.59 Å². The van der Waals surface area contributed by atoms with Gasteiger partial charge in [0.1, 0.15) is 6.04 Å². The van der Waals surface area contributed by atoms with Crippen LogP contribution in [-0.4, -0.2) is 47.9 Å². The largest absolute Gasteiger partial charge is 0.353 e. The number of carbonyl (C=O) groups excluding carboxylic acids is 2. The van der Waals surface area contributed by atoms with Crippen molar-refractivity contribution >= 4 is 23.4 Å². The maximum atomic E-state index is 13.3. The monoisotopic (exact) mass is 391 g/mol. The molecule has 2 amide bonds. The van der Waals surface area contributed by atoms with Gasteiger partial charge in [0.25, 0.3) is 5.91 Å². The van der Waals surface area contributed by atoms with Crippen LogP contribution in [0.4, 0.5) is 0 Å². The van der Waals surface area contributed by atoms with Crippen LogP contribution in [0.25, 0.3) is 0 Å². The van der Waals surface area contributed by atoms with Crippen LogP contribution in [0, 0.1) is 5.92 Å². The molecule has 27 heavy (non-hydrogen) atoms. The molecule has 3 rings (SSSR count). The smallest absolute Gasteiger partial charge is 0.254 e. The van der Waals surface area contributed by atoms with Crippen LogP contribution in [0.15, 0.2) is 24.3 Å². The first-order valence-corrected chi connectivity index (χ1v) is 10.5. The van der Waals surface area contributed by atoms with Gasteiger partial charge < -0.3 is 15.5 Å². The maximum absolute atomic E-state index is 13.3. The number of nitrogens with zero attached hydrogens (tertiary/aromatic N) is 1. The predicted octanol–water partition coefficient (Wildman–Crippen LogP) is 3.23. The summed E-state index contributed by atoms with van der Waals surface area (Å²) in [7, 11) is 0. The number of benzene rings is 1. The Morgan fingerprint density at radius 1 is 1.22 bits per heavy atom. The first-order valence-electron chi connectivity index (χ1n) is 10.1. The third-order valence-electron chi connectivity index (χ3n) is 5.85. The number of hydrogen-bond donors (Lipinski definition) is 2. The van der Waals surface area contributed by atoms with Crippen LogP contribution in [0.5, 0.6) is 0 Å². The average Bonchev–Trinajstić information content (AvgIpc) is 3.06. The normalized spacial score (nSPS) is 25.7. The molecule has 2 fully saturated rings. The highest BCUT2D eigenvalue weighted by Crippen LogP contribution is 2.40. The van der Waals surface area contributed by atoms with E-state index in [1.54, 1.807) is 24.3 Å². The van der Waals surface area contributed by atoms with Crippen molar-refractivity contribution in [1.29, 1.82) is 0 Å². The zero-order valence-corrected chi connectivity index (χ0v) is 17.0. The van der Waals surface area contributed by atoms with Gasteiger partial charge in [-0.25, -0.2) is 0 Å². The second-order valence-corrected chi connectivity index (χ2v) is 8.22. The van der Waals surface area contributed by atoms with Gasteiger partial charge in [0, 0.05) is 29.2 Å². The Balaban J connectivity index is 1.77. The Hall–Kier alpha value is -1.59. The fraction of sp³-hybridized carbons (Fsp3) is 0.619. The second kappa shape index (κ2) is 9.07. The summed E-state index contributed by atoms with van der Waals surface area (Å²) in [6, 6.07) is 6.97. The van der Waals surface area contributed by atoms with E-state index in [-0.39, 0.29) is 29.9 Å². The van der Waals surface area contributed by atoms with E-state index in [1.807, 2.05) is 11.8 Å². The van der Waals surface area contributed by atoms with E-state index in [4.69, 9.17) is 11.6 Å². The minimum absolute atomic E-state index is 0.0310. The number of rotatable bonds is 6. The summed E-state index contributed by atoms with van der Waals surface area (Å²) in [6.45, 7) is 5.54. The topological polar surface area (TPSA) is 61.4 Å². The summed E-state index contributed by atoms with van der Waals surface area (Å²) < 4.78 is 0. The highest BCUT2D eigenvalue weighted by molar-refractivity contribution is 6.30. The van der Waals surface area contributed by atoms with Crippen molar-refractivity contribution in [3.05, 3.63) is 34.9 Å². The minimum atomic E-state index is -0.380. The minimum Gasteiger partial charge on any atom is -0.353 e. The van der Waals surface area contributed by atoms with E-state index in [1.165, 1.54) is 6.42 Å². The molecule has 0 radical (unpaired) electrons. The molecule has 0 bridgehead atoms. The summed E-state index contributed by atoms with van der Waals surface area (Å²) in [6.07, 6.45) is 5.17. The number of halogens is 1. The van der Waals surface area contributed by atoms with Crippen LogP contribution in [0.1, 0.15) is 56.3 Å². The number of carbonyl (C=O) groups is 2. The lowest BCUT2D eigenvalue weighted by molar-refractivity contribution is -0.125. The number of amides is 2. The maximum Gasteiger partial charge on any atom is 0.254 e. The molecule has 2 N–H and O–H groups in total. The molecule has 3 unspecified atom stereocenters. The number of likely N-dealkylation sites (N-methyl/N-ethyl adjacent to an activating group) is 1. The van der Waals surface area contributed by atoms with Gasteiger partial charge in [-0.1, -0.05) is 31.4 Å². The van der Waals surface area contributed by atoms with Crippen LogP contribution >= 0.6 is 11.6 Å². The van der Waals surface area contributed by atoms with Crippen molar-refractivity contribution in [2.45, 2.75) is 64.1 Å². The van der Waals surface area contributed by atoms with Gasteiger partial charge in [0.15, 0.2) is 0 Å². The molecule has 4 atom stereocenters. The molecular formula is C21H30ClN3O2. The molecule has 1 saturated heterocycles. The SMILES string of the molecule is CCN[C@H](C)CNC(=O)C1CC2CCCCC2N1C(=O)c1ccc(Cl)cc1. The Kier molecular flexibility index (Phi) is 6.77. The Morgan fingerprint density at radius 2 is 1.93 bits per heavy atom. The van der Waals surface area contributed by atoms with Crippen LogP contribution in [-0.2, 0) is 4.79 Å². The molecule has 1 aliphatic heterocycles. The summed E-state index contributed by atoms with van der Waals surface area (Å²) in [5.41, 5.74) is 0.601. The van der Waals surface area contributed by atoms with E-state index < -0.39 is 0 Å². The first kappa shape index (κ1) is 20.2. The number of fused-ring (bicyclic) bond motifs is 1. The number of nitrogens with one attached hydrogen (secondary N) is 2. The first-order chi connectivity index (χ1) is 13.0. The van der Waals surface area contributed by atoms with E-state index in [0.29, 0.717) is 23.0 Å². The van der Waals surface area contributed by atoms with Crippen LogP contribution in [0.2, 0.25) is 5.02 Å². The molecule has 2 aliphatic rings. The number of likely N-dealkylation sites (tertiary alicyclic amines) is 1. The average molecular weight is 392 g/mol. The molecule has 0 spiro atoms. The predicted molar refractivity (Wildman–Crippen MR) is 108 cm³/mol. The van der Waals surface area contributed by atoms with Crippen molar-refractivity contribution in [2.24, 2.45) is 5.92 Å². The summed E-state index contributed by atoms with van der Waals surface area (Å²) >= 11 is 5.97. The molecule has 0 aromatic heterocycles. The number of hydrogen-bond acceptors (Lipinski definition) is 3. The van der Waals surface area contributed by atoms with E-state index in [2.05, 4.69) is 17.6 Å². The second-order valence-electron chi connectivity index (χ2n) is 7.79. The van der Waals surface area contributed by atoms with E-state index >= 15 is 0 Å². The van der Waals surface area contributed by atoms with Gasteiger partial charge >= 0.3 is 0 Å². The van der Waals surface area contributed by atoms with Gasteiger partial charge in [-0.3, -0.25) is 9.59 Å². The van der Waals surface area contributed by atoms with Gasteiger partial charge in [0.2, 0.25) is 5.91 Å². The molecule has 6 heteroatoms. The van der Waals surface area contributed by atoms with Crippen LogP contribution < -0.4 is 10.6 Å². The third-order valence-corrected chi connectivity index (χ3v) is 6.10. The Labute approximate surface area is 166 Å². The summed E-state index contributed by atoms with van der Waals surface area (Å²) in [4.78, 5) is 28.1. The van der Waals surface area contributed by atoms with Gasteiger partial charge in [-0.2, -0.15) is 0 Å².